The topological polar surface area (TPSA) is 90.4 Å². The fourth-order valence-corrected chi connectivity index (χ4v) is 3.27. The highest BCUT2D eigenvalue weighted by atomic mass is 32.2. The van der Waals surface area contributed by atoms with Crippen molar-refractivity contribution in [3.63, 3.8) is 0 Å². The number of nitrogens with one attached hydrogen (secondary N) is 1. The van der Waals surface area contributed by atoms with E-state index in [0.29, 0.717) is 22.7 Å². The molecule has 0 aliphatic heterocycles. The number of amides is 1. The maximum atomic E-state index is 12.5. The fraction of sp³-hybridized carbons (Fsp3) is 0.105. The standard InChI is InChI=1S/C19H15N3O4S/c1-24-13-8-5-6-11-10-14(25-16(11)13)18-21-22-19(26-18)20-17(23)12-7-3-4-9-15(12)27-2/h3-10H,1-2H3,(H,20,22,23). The van der Waals surface area contributed by atoms with Gasteiger partial charge in [-0.25, -0.2) is 0 Å². The second-order valence-corrected chi connectivity index (χ2v) is 6.40. The van der Waals surface area contributed by atoms with Crippen LogP contribution in [0, 0.1) is 0 Å². The molecule has 1 amide bonds. The van der Waals surface area contributed by atoms with Crippen LogP contribution in [0.15, 0.2) is 62.3 Å². The molecular weight excluding hydrogens is 366 g/mol. The number of carbonyl (C=O) groups is 1. The molecule has 7 nitrogen and oxygen atoms in total. The third-order valence-corrected chi connectivity index (χ3v) is 4.73. The van der Waals surface area contributed by atoms with Crippen molar-refractivity contribution in [2.45, 2.75) is 4.90 Å². The van der Waals surface area contributed by atoms with Crippen LogP contribution in [-0.4, -0.2) is 29.5 Å². The fourth-order valence-electron chi connectivity index (χ4n) is 2.67. The number of methoxy groups -OCH3 is 1. The first-order chi connectivity index (χ1) is 13.2. The predicted octanol–water partition coefficient (Wildman–Crippen LogP) is 4.47. The number of benzene rings is 2. The first-order valence-electron chi connectivity index (χ1n) is 8.04. The van der Waals surface area contributed by atoms with Crippen LogP contribution in [0.25, 0.3) is 22.6 Å². The molecule has 0 saturated heterocycles. The normalized spacial score (nSPS) is 10.9. The van der Waals surface area contributed by atoms with Crippen molar-refractivity contribution in [1.29, 1.82) is 0 Å². The van der Waals surface area contributed by atoms with E-state index in [9.17, 15) is 4.79 Å². The summed E-state index contributed by atoms with van der Waals surface area (Å²) in [5.41, 5.74) is 1.13. The number of nitrogens with zero attached hydrogens (tertiary/aromatic N) is 2. The Bertz CT molecular complexity index is 1120. The van der Waals surface area contributed by atoms with Crippen molar-refractivity contribution in [2.24, 2.45) is 0 Å². The lowest BCUT2D eigenvalue weighted by molar-refractivity contribution is 0.102. The number of anilines is 1. The van der Waals surface area contributed by atoms with Crippen LogP contribution in [-0.2, 0) is 0 Å². The number of thioether (sulfide) groups is 1. The highest BCUT2D eigenvalue weighted by Gasteiger charge is 2.18. The second kappa shape index (κ2) is 7.16. The molecule has 0 atom stereocenters. The molecule has 136 valence electrons. The Hall–Kier alpha value is -3.26. The van der Waals surface area contributed by atoms with Gasteiger partial charge >= 0.3 is 6.01 Å². The van der Waals surface area contributed by atoms with E-state index in [4.69, 9.17) is 13.6 Å². The zero-order chi connectivity index (χ0) is 18.8. The summed E-state index contributed by atoms with van der Waals surface area (Å²) < 4.78 is 16.6. The number of ether oxygens (including phenoxy) is 1. The van der Waals surface area contributed by atoms with E-state index in [1.807, 2.05) is 30.5 Å². The summed E-state index contributed by atoms with van der Waals surface area (Å²) in [6, 6.07) is 14.6. The average Bonchev–Trinajstić information content (AvgIpc) is 3.34. The molecule has 0 unspecified atom stereocenters. The summed E-state index contributed by atoms with van der Waals surface area (Å²) in [4.78, 5) is 13.3. The third kappa shape index (κ3) is 3.26. The molecule has 4 rings (SSSR count). The minimum absolute atomic E-state index is 0.00155. The summed E-state index contributed by atoms with van der Waals surface area (Å²) in [5.74, 6) is 0.857. The number of carbonyl (C=O) groups excluding carboxylic acids is 1. The van der Waals surface area contributed by atoms with Crippen molar-refractivity contribution in [3.8, 4) is 17.4 Å². The molecule has 2 heterocycles. The number of aromatic nitrogens is 2. The van der Waals surface area contributed by atoms with Crippen molar-refractivity contribution >= 4 is 34.7 Å². The van der Waals surface area contributed by atoms with Gasteiger partial charge in [0.2, 0.25) is 0 Å². The van der Waals surface area contributed by atoms with Crippen LogP contribution in [0.5, 0.6) is 5.75 Å². The Kier molecular flexibility index (Phi) is 4.55. The average molecular weight is 381 g/mol. The van der Waals surface area contributed by atoms with Crippen molar-refractivity contribution in [1.82, 2.24) is 10.2 Å². The van der Waals surface area contributed by atoms with Gasteiger partial charge in [-0.1, -0.05) is 29.4 Å². The molecule has 0 aliphatic rings. The third-order valence-electron chi connectivity index (χ3n) is 3.94. The van der Waals surface area contributed by atoms with Gasteiger partial charge in [0.25, 0.3) is 11.8 Å². The molecule has 4 aromatic rings. The smallest absolute Gasteiger partial charge is 0.322 e. The number of para-hydroxylation sites is 1. The van der Waals surface area contributed by atoms with E-state index >= 15 is 0 Å². The van der Waals surface area contributed by atoms with Crippen LogP contribution in [0.4, 0.5) is 6.01 Å². The Morgan fingerprint density at radius 2 is 1.96 bits per heavy atom. The number of rotatable bonds is 5. The predicted molar refractivity (Wildman–Crippen MR) is 102 cm³/mol. The SMILES string of the molecule is COc1cccc2cc(-c3nnc(NC(=O)c4ccccc4SC)o3)oc12. The van der Waals surface area contributed by atoms with E-state index in [-0.39, 0.29) is 17.8 Å². The first kappa shape index (κ1) is 17.2. The zero-order valence-corrected chi connectivity index (χ0v) is 15.4. The Morgan fingerprint density at radius 1 is 1.11 bits per heavy atom. The molecule has 0 saturated carbocycles. The maximum absolute atomic E-state index is 12.5. The van der Waals surface area contributed by atoms with Crippen LogP contribution in [0.3, 0.4) is 0 Å². The summed E-state index contributed by atoms with van der Waals surface area (Å²) in [6.07, 6.45) is 1.91. The quantitative estimate of drug-likeness (QED) is 0.510. The lowest BCUT2D eigenvalue weighted by Crippen LogP contribution is -2.13. The molecule has 0 radical (unpaired) electrons. The van der Waals surface area contributed by atoms with E-state index in [2.05, 4.69) is 15.5 Å². The lowest BCUT2D eigenvalue weighted by atomic mass is 10.2. The van der Waals surface area contributed by atoms with Crippen molar-refractivity contribution in [2.75, 3.05) is 18.7 Å². The van der Waals surface area contributed by atoms with E-state index < -0.39 is 0 Å². The molecule has 0 aliphatic carbocycles. The Balaban J connectivity index is 1.59. The number of hydrogen-bond acceptors (Lipinski definition) is 7. The largest absolute Gasteiger partial charge is 0.493 e. The molecule has 2 aromatic heterocycles. The van der Waals surface area contributed by atoms with Crippen LogP contribution in [0.1, 0.15) is 10.4 Å². The highest BCUT2D eigenvalue weighted by Crippen LogP contribution is 2.33. The number of fused-ring (bicyclic) bond motifs is 1. The minimum Gasteiger partial charge on any atom is -0.493 e. The van der Waals surface area contributed by atoms with Crippen LogP contribution in [0.2, 0.25) is 0 Å². The second-order valence-electron chi connectivity index (χ2n) is 5.56. The molecule has 0 fully saturated rings. The van der Waals surface area contributed by atoms with Gasteiger partial charge in [-0.05, 0) is 30.5 Å². The van der Waals surface area contributed by atoms with E-state index in [1.165, 1.54) is 11.8 Å². The molecule has 27 heavy (non-hydrogen) atoms. The lowest BCUT2D eigenvalue weighted by Gasteiger charge is -2.05. The van der Waals surface area contributed by atoms with Gasteiger partial charge in [0.1, 0.15) is 0 Å². The Labute approximate surface area is 158 Å². The summed E-state index contributed by atoms with van der Waals surface area (Å²) in [6.45, 7) is 0. The number of hydrogen-bond donors (Lipinski definition) is 1. The van der Waals surface area contributed by atoms with Gasteiger partial charge in [-0.2, -0.15) is 0 Å². The molecule has 1 N–H and O–H groups in total. The number of furan rings is 1. The van der Waals surface area contributed by atoms with Crippen LogP contribution >= 0.6 is 11.8 Å². The van der Waals surface area contributed by atoms with E-state index in [1.54, 1.807) is 31.4 Å². The van der Waals surface area contributed by atoms with Gasteiger partial charge in [0.15, 0.2) is 17.1 Å². The van der Waals surface area contributed by atoms with Gasteiger partial charge in [0, 0.05) is 10.3 Å². The van der Waals surface area contributed by atoms with E-state index in [0.717, 1.165) is 10.3 Å². The van der Waals surface area contributed by atoms with Gasteiger partial charge in [-0.15, -0.1) is 16.9 Å². The molecule has 0 bridgehead atoms. The molecule has 8 heteroatoms. The molecular formula is C19H15N3O4S. The maximum Gasteiger partial charge on any atom is 0.322 e. The van der Waals surface area contributed by atoms with Gasteiger partial charge in [0.05, 0.1) is 12.7 Å². The van der Waals surface area contributed by atoms with Gasteiger partial charge in [-0.3, -0.25) is 10.1 Å². The molecule has 2 aromatic carbocycles. The van der Waals surface area contributed by atoms with Crippen molar-refractivity contribution < 1.29 is 18.4 Å². The summed E-state index contributed by atoms with van der Waals surface area (Å²) in [5, 5.41) is 11.3. The minimum atomic E-state index is -0.318. The zero-order valence-electron chi connectivity index (χ0n) is 14.6. The van der Waals surface area contributed by atoms with Gasteiger partial charge < -0.3 is 13.6 Å². The monoisotopic (exact) mass is 381 g/mol. The van der Waals surface area contributed by atoms with Crippen LogP contribution < -0.4 is 10.1 Å². The molecule has 0 spiro atoms. The Morgan fingerprint density at radius 3 is 2.78 bits per heavy atom. The summed E-state index contributed by atoms with van der Waals surface area (Å²) >= 11 is 1.49. The highest BCUT2D eigenvalue weighted by molar-refractivity contribution is 7.98. The summed E-state index contributed by atoms with van der Waals surface area (Å²) in [7, 11) is 1.57. The first-order valence-corrected chi connectivity index (χ1v) is 9.27. The van der Waals surface area contributed by atoms with Crippen molar-refractivity contribution in [3.05, 3.63) is 54.1 Å².